The van der Waals surface area contributed by atoms with Gasteiger partial charge in [-0.05, 0) is 67.3 Å². The summed E-state index contributed by atoms with van der Waals surface area (Å²) < 4.78 is 10.9. The zero-order valence-corrected chi connectivity index (χ0v) is 16.3. The van der Waals surface area contributed by atoms with Gasteiger partial charge in [-0.15, -0.1) is 0 Å². The molecule has 0 unspecified atom stereocenters. The summed E-state index contributed by atoms with van der Waals surface area (Å²) in [6.07, 6.45) is 6.36. The van der Waals surface area contributed by atoms with E-state index in [1.165, 1.54) is 6.08 Å². The number of hydrogen-bond donors (Lipinski definition) is 2. The molecule has 5 heteroatoms. The second-order valence-electron chi connectivity index (χ2n) is 6.85. The maximum Gasteiger partial charge on any atom is 0.248 e. The highest BCUT2D eigenvalue weighted by atomic mass is 16.5. The molecule has 2 N–H and O–H groups in total. The number of carbonyl (C=O) groups excluding carboxylic acids is 1. The minimum absolute atomic E-state index is 0.156. The van der Waals surface area contributed by atoms with Crippen molar-refractivity contribution in [1.29, 1.82) is 0 Å². The number of benzene rings is 2. The van der Waals surface area contributed by atoms with E-state index in [0.717, 1.165) is 55.2 Å². The molecule has 5 nitrogen and oxygen atoms in total. The standard InChI is InChI=1S/C23H28N2O3/c1-2-15-28-22-10-3-18(4-11-22)5-12-23(26)25-20-8-6-19(7-9-20)24-21-13-16-27-17-14-21/h3-12,21,24H,2,13-17H2,1H3,(H,25,26)/b12-5+. The molecule has 0 bridgehead atoms. The largest absolute Gasteiger partial charge is 0.494 e. The number of hydrogen-bond acceptors (Lipinski definition) is 4. The number of anilines is 2. The predicted octanol–water partition coefficient (Wildman–Crippen LogP) is 4.72. The van der Waals surface area contributed by atoms with Gasteiger partial charge in [0.15, 0.2) is 0 Å². The van der Waals surface area contributed by atoms with E-state index in [0.29, 0.717) is 12.6 Å². The topological polar surface area (TPSA) is 59.6 Å². The molecule has 0 aliphatic carbocycles. The first kappa shape index (κ1) is 20.0. The Bertz CT molecular complexity index is 763. The molecular formula is C23H28N2O3. The van der Waals surface area contributed by atoms with Crippen LogP contribution in [-0.2, 0) is 9.53 Å². The van der Waals surface area contributed by atoms with E-state index in [1.54, 1.807) is 6.08 Å². The SMILES string of the molecule is CCCOc1ccc(/C=C/C(=O)Nc2ccc(NC3CCOCC3)cc2)cc1. The molecular weight excluding hydrogens is 352 g/mol. The number of ether oxygens (including phenoxy) is 2. The average Bonchev–Trinajstić information content (AvgIpc) is 2.74. The van der Waals surface area contributed by atoms with Gasteiger partial charge in [0.05, 0.1) is 6.61 Å². The fraction of sp³-hybridized carbons (Fsp3) is 0.348. The first-order chi connectivity index (χ1) is 13.7. The Morgan fingerprint density at radius 1 is 1.07 bits per heavy atom. The van der Waals surface area contributed by atoms with Crippen LogP contribution in [0.2, 0.25) is 0 Å². The summed E-state index contributed by atoms with van der Waals surface area (Å²) in [5.41, 5.74) is 2.79. The minimum Gasteiger partial charge on any atom is -0.494 e. The lowest BCUT2D eigenvalue weighted by molar-refractivity contribution is -0.111. The highest BCUT2D eigenvalue weighted by molar-refractivity contribution is 6.02. The third-order valence-corrected chi connectivity index (χ3v) is 4.52. The highest BCUT2D eigenvalue weighted by Gasteiger charge is 2.13. The lowest BCUT2D eigenvalue weighted by atomic mass is 10.1. The zero-order chi connectivity index (χ0) is 19.6. The average molecular weight is 380 g/mol. The Morgan fingerprint density at radius 2 is 1.75 bits per heavy atom. The predicted molar refractivity (Wildman–Crippen MR) is 114 cm³/mol. The Hall–Kier alpha value is -2.79. The third-order valence-electron chi connectivity index (χ3n) is 4.52. The van der Waals surface area contributed by atoms with Gasteiger partial charge in [-0.1, -0.05) is 19.1 Å². The first-order valence-electron chi connectivity index (χ1n) is 9.89. The summed E-state index contributed by atoms with van der Waals surface area (Å²) in [5, 5.41) is 6.39. The van der Waals surface area contributed by atoms with Crippen LogP contribution < -0.4 is 15.4 Å². The van der Waals surface area contributed by atoms with Crippen LogP contribution >= 0.6 is 0 Å². The highest BCUT2D eigenvalue weighted by Crippen LogP contribution is 2.18. The van der Waals surface area contributed by atoms with Crippen molar-refractivity contribution in [2.45, 2.75) is 32.2 Å². The Labute approximate surface area is 166 Å². The summed E-state index contributed by atoms with van der Waals surface area (Å²) in [6.45, 7) is 4.41. The maximum atomic E-state index is 12.1. The Kier molecular flexibility index (Phi) is 7.50. The van der Waals surface area contributed by atoms with Crippen LogP contribution in [0.5, 0.6) is 5.75 Å². The van der Waals surface area contributed by atoms with Crippen LogP contribution in [0.4, 0.5) is 11.4 Å². The quantitative estimate of drug-likeness (QED) is 0.651. The summed E-state index contributed by atoms with van der Waals surface area (Å²) in [6, 6.07) is 16.0. The Morgan fingerprint density at radius 3 is 2.43 bits per heavy atom. The van der Waals surface area contributed by atoms with Crippen LogP contribution in [0.1, 0.15) is 31.7 Å². The molecule has 0 spiro atoms. The zero-order valence-electron chi connectivity index (χ0n) is 16.3. The molecule has 28 heavy (non-hydrogen) atoms. The van der Waals surface area contributed by atoms with Gasteiger partial charge in [-0.2, -0.15) is 0 Å². The molecule has 1 aliphatic heterocycles. The lowest BCUT2D eigenvalue weighted by Crippen LogP contribution is -2.27. The molecule has 3 rings (SSSR count). The van der Waals surface area contributed by atoms with E-state index in [-0.39, 0.29) is 5.91 Å². The second-order valence-corrected chi connectivity index (χ2v) is 6.85. The van der Waals surface area contributed by atoms with Crippen LogP contribution in [0.25, 0.3) is 6.08 Å². The van der Waals surface area contributed by atoms with Gasteiger partial charge in [0.25, 0.3) is 0 Å². The van der Waals surface area contributed by atoms with E-state index in [4.69, 9.17) is 9.47 Å². The van der Waals surface area contributed by atoms with Crippen LogP contribution in [-0.4, -0.2) is 31.8 Å². The molecule has 2 aromatic carbocycles. The molecule has 1 heterocycles. The molecule has 1 fully saturated rings. The van der Waals surface area contributed by atoms with Crippen LogP contribution in [0, 0.1) is 0 Å². The molecule has 0 saturated carbocycles. The lowest BCUT2D eigenvalue weighted by Gasteiger charge is -2.24. The number of nitrogens with one attached hydrogen (secondary N) is 2. The van der Waals surface area contributed by atoms with Crippen molar-refractivity contribution < 1.29 is 14.3 Å². The minimum atomic E-state index is -0.156. The van der Waals surface area contributed by atoms with Gasteiger partial charge < -0.3 is 20.1 Å². The van der Waals surface area contributed by atoms with Gasteiger partial charge in [0, 0.05) is 36.7 Å². The van der Waals surface area contributed by atoms with E-state index in [2.05, 4.69) is 17.6 Å². The molecule has 148 valence electrons. The fourth-order valence-corrected chi connectivity index (χ4v) is 2.98. The third kappa shape index (κ3) is 6.43. The van der Waals surface area contributed by atoms with Gasteiger partial charge in [0.1, 0.15) is 5.75 Å². The number of carbonyl (C=O) groups is 1. The summed E-state index contributed by atoms with van der Waals surface area (Å²) in [4.78, 5) is 12.1. The normalized spacial score (nSPS) is 14.8. The van der Waals surface area contributed by atoms with Gasteiger partial charge in [0.2, 0.25) is 5.91 Å². The van der Waals surface area contributed by atoms with Crippen molar-refractivity contribution >= 4 is 23.4 Å². The molecule has 0 radical (unpaired) electrons. The van der Waals surface area contributed by atoms with Gasteiger partial charge >= 0.3 is 0 Å². The molecule has 2 aromatic rings. The van der Waals surface area contributed by atoms with Crippen molar-refractivity contribution in [3.8, 4) is 5.75 Å². The van der Waals surface area contributed by atoms with Crippen molar-refractivity contribution in [1.82, 2.24) is 0 Å². The molecule has 1 amide bonds. The smallest absolute Gasteiger partial charge is 0.248 e. The molecule has 0 aromatic heterocycles. The van der Waals surface area contributed by atoms with E-state index in [1.807, 2.05) is 48.5 Å². The van der Waals surface area contributed by atoms with E-state index >= 15 is 0 Å². The summed E-state index contributed by atoms with van der Waals surface area (Å²) in [5.74, 6) is 0.689. The van der Waals surface area contributed by atoms with Crippen LogP contribution in [0.3, 0.4) is 0 Å². The van der Waals surface area contributed by atoms with E-state index < -0.39 is 0 Å². The van der Waals surface area contributed by atoms with Crippen LogP contribution in [0.15, 0.2) is 54.6 Å². The summed E-state index contributed by atoms with van der Waals surface area (Å²) in [7, 11) is 0. The monoisotopic (exact) mass is 380 g/mol. The van der Waals surface area contributed by atoms with Gasteiger partial charge in [-0.25, -0.2) is 0 Å². The summed E-state index contributed by atoms with van der Waals surface area (Å²) >= 11 is 0. The molecule has 1 aliphatic rings. The fourth-order valence-electron chi connectivity index (χ4n) is 2.98. The molecule has 1 saturated heterocycles. The van der Waals surface area contributed by atoms with Crippen molar-refractivity contribution in [3.63, 3.8) is 0 Å². The maximum absolute atomic E-state index is 12.1. The number of rotatable bonds is 8. The van der Waals surface area contributed by atoms with Crippen molar-refractivity contribution in [3.05, 3.63) is 60.2 Å². The molecule has 0 atom stereocenters. The number of amides is 1. The van der Waals surface area contributed by atoms with Crippen molar-refractivity contribution in [2.75, 3.05) is 30.5 Å². The second kappa shape index (κ2) is 10.5. The van der Waals surface area contributed by atoms with Crippen molar-refractivity contribution in [2.24, 2.45) is 0 Å². The van der Waals surface area contributed by atoms with E-state index in [9.17, 15) is 4.79 Å². The Balaban J connectivity index is 1.47. The van der Waals surface area contributed by atoms with Gasteiger partial charge in [-0.3, -0.25) is 4.79 Å². The first-order valence-corrected chi connectivity index (χ1v) is 9.89.